The van der Waals surface area contributed by atoms with Crippen LogP contribution in [0.25, 0.3) is 0 Å². The van der Waals surface area contributed by atoms with Gasteiger partial charge in [0.05, 0.1) is 0 Å². The lowest BCUT2D eigenvalue weighted by molar-refractivity contribution is 0.0912. The standard InChI is InChI=1S/C11H13NOS/c13-11(9-3-6-14-7-4-9)10-2-1-5-12-8-10/h1-2,5,8-9H,3-4,6-7H2. The average molecular weight is 207 g/mol. The van der Waals surface area contributed by atoms with Crippen molar-refractivity contribution in [3.63, 3.8) is 0 Å². The smallest absolute Gasteiger partial charge is 0.167 e. The van der Waals surface area contributed by atoms with Crippen molar-refractivity contribution < 1.29 is 4.79 Å². The predicted molar refractivity (Wildman–Crippen MR) is 58.6 cm³/mol. The summed E-state index contributed by atoms with van der Waals surface area (Å²) >= 11 is 1.94. The highest BCUT2D eigenvalue weighted by atomic mass is 32.2. The summed E-state index contributed by atoms with van der Waals surface area (Å²) in [5.41, 5.74) is 0.768. The number of hydrogen-bond acceptors (Lipinski definition) is 3. The molecular formula is C11H13NOS. The van der Waals surface area contributed by atoms with Gasteiger partial charge in [-0.3, -0.25) is 9.78 Å². The van der Waals surface area contributed by atoms with Crippen molar-refractivity contribution in [1.29, 1.82) is 0 Å². The van der Waals surface area contributed by atoms with Gasteiger partial charge in [0.1, 0.15) is 0 Å². The molecule has 2 rings (SSSR count). The molecule has 1 saturated heterocycles. The molecule has 0 amide bonds. The van der Waals surface area contributed by atoms with Crippen LogP contribution in [0.3, 0.4) is 0 Å². The maximum absolute atomic E-state index is 12.0. The van der Waals surface area contributed by atoms with E-state index in [1.54, 1.807) is 12.4 Å². The summed E-state index contributed by atoms with van der Waals surface area (Å²) in [5, 5.41) is 0. The second-order valence-electron chi connectivity index (χ2n) is 3.49. The van der Waals surface area contributed by atoms with E-state index in [9.17, 15) is 4.79 Å². The third kappa shape index (κ3) is 2.15. The van der Waals surface area contributed by atoms with Gasteiger partial charge in [0, 0.05) is 23.9 Å². The number of pyridine rings is 1. The van der Waals surface area contributed by atoms with Crippen LogP contribution in [0.1, 0.15) is 23.2 Å². The first-order valence-corrected chi connectivity index (χ1v) is 6.05. The van der Waals surface area contributed by atoms with Gasteiger partial charge in [-0.05, 0) is 36.5 Å². The number of aromatic nitrogens is 1. The van der Waals surface area contributed by atoms with Gasteiger partial charge in [0.15, 0.2) is 5.78 Å². The third-order valence-electron chi connectivity index (χ3n) is 2.54. The van der Waals surface area contributed by atoms with Gasteiger partial charge in [-0.15, -0.1) is 0 Å². The number of carbonyl (C=O) groups excluding carboxylic acids is 1. The highest BCUT2D eigenvalue weighted by Crippen LogP contribution is 2.25. The Morgan fingerprint density at radius 2 is 2.21 bits per heavy atom. The van der Waals surface area contributed by atoms with E-state index in [-0.39, 0.29) is 11.7 Å². The first-order valence-electron chi connectivity index (χ1n) is 4.90. The summed E-state index contributed by atoms with van der Waals surface area (Å²) in [6.07, 6.45) is 5.42. The van der Waals surface area contributed by atoms with Crippen molar-refractivity contribution >= 4 is 17.5 Å². The molecule has 14 heavy (non-hydrogen) atoms. The van der Waals surface area contributed by atoms with Gasteiger partial charge < -0.3 is 0 Å². The van der Waals surface area contributed by atoms with Gasteiger partial charge in [-0.2, -0.15) is 11.8 Å². The van der Waals surface area contributed by atoms with Crippen LogP contribution in [0.5, 0.6) is 0 Å². The number of carbonyl (C=O) groups is 1. The minimum absolute atomic E-state index is 0.237. The summed E-state index contributed by atoms with van der Waals surface area (Å²) in [7, 11) is 0. The lowest BCUT2D eigenvalue weighted by Gasteiger charge is -2.19. The van der Waals surface area contributed by atoms with Crippen LogP contribution < -0.4 is 0 Å². The Kier molecular flexibility index (Phi) is 3.19. The number of nitrogens with zero attached hydrogens (tertiary/aromatic N) is 1. The zero-order valence-electron chi connectivity index (χ0n) is 7.98. The van der Waals surface area contributed by atoms with Crippen LogP contribution in [0.15, 0.2) is 24.5 Å². The van der Waals surface area contributed by atoms with Crippen molar-refractivity contribution in [2.24, 2.45) is 5.92 Å². The van der Waals surface area contributed by atoms with E-state index in [0.717, 1.165) is 29.9 Å². The minimum atomic E-state index is 0.237. The molecule has 1 aliphatic rings. The lowest BCUT2D eigenvalue weighted by Crippen LogP contribution is -2.19. The molecule has 2 nitrogen and oxygen atoms in total. The third-order valence-corrected chi connectivity index (χ3v) is 3.59. The summed E-state index contributed by atoms with van der Waals surface area (Å²) in [6, 6.07) is 3.68. The van der Waals surface area contributed by atoms with Crippen LogP contribution >= 0.6 is 11.8 Å². The van der Waals surface area contributed by atoms with Crippen LogP contribution in [-0.4, -0.2) is 22.3 Å². The maximum Gasteiger partial charge on any atom is 0.167 e. The van der Waals surface area contributed by atoms with Crippen LogP contribution in [0.2, 0.25) is 0 Å². The highest BCUT2D eigenvalue weighted by Gasteiger charge is 2.22. The zero-order valence-corrected chi connectivity index (χ0v) is 8.80. The fourth-order valence-electron chi connectivity index (χ4n) is 1.70. The van der Waals surface area contributed by atoms with E-state index in [1.165, 1.54) is 0 Å². The predicted octanol–water partition coefficient (Wildman–Crippen LogP) is 2.41. The SMILES string of the molecule is O=C(c1cccnc1)C1CCSCC1. The first kappa shape index (κ1) is 9.71. The fraction of sp³-hybridized carbons (Fsp3) is 0.455. The van der Waals surface area contributed by atoms with Crippen molar-refractivity contribution in [1.82, 2.24) is 4.98 Å². The van der Waals surface area contributed by atoms with Crippen molar-refractivity contribution in [3.8, 4) is 0 Å². The number of rotatable bonds is 2. The Labute approximate surface area is 88.1 Å². The van der Waals surface area contributed by atoms with E-state index < -0.39 is 0 Å². The summed E-state index contributed by atoms with van der Waals surface area (Å²) < 4.78 is 0. The largest absolute Gasteiger partial charge is 0.294 e. The van der Waals surface area contributed by atoms with E-state index in [4.69, 9.17) is 0 Å². The average Bonchev–Trinajstić information content (AvgIpc) is 2.30. The lowest BCUT2D eigenvalue weighted by atomic mass is 9.93. The monoisotopic (exact) mass is 207 g/mol. The Bertz CT molecular complexity index is 306. The molecule has 1 aromatic heterocycles. The zero-order chi connectivity index (χ0) is 9.80. The second-order valence-corrected chi connectivity index (χ2v) is 4.72. The molecule has 3 heteroatoms. The molecule has 2 heterocycles. The Morgan fingerprint density at radius 3 is 2.86 bits per heavy atom. The van der Waals surface area contributed by atoms with Gasteiger partial charge in [-0.1, -0.05) is 0 Å². The quantitative estimate of drug-likeness (QED) is 0.697. The highest BCUT2D eigenvalue weighted by molar-refractivity contribution is 7.99. The molecule has 0 radical (unpaired) electrons. The Hall–Kier alpha value is -0.830. The molecule has 1 aromatic rings. The molecule has 0 atom stereocenters. The van der Waals surface area contributed by atoms with Crippen LogP contribution in [0.4, 0.5) is 0 Å². The molecule has 0 bridgehead atoms. The number of ketones is 1. The summed E-state index contributed by atoms with van der Waals surface area (Å²) in [5.74, 6) is 2.76. The molecule has 0 N–H and O–H groups in total. The van der Waals surface area contributed by atoms with Crippen LogP contribution in [-0.2, 0) is 0 Å². The van der Waals surface area contributed by atoms with Gasteiger partial charge in [-0.25, -0.2) is 0 Å². The molecule has 0 spiro atoms. The topological polar surface area (TPSA) is 30.0 Å². The van der Waals surface area contributed by atoms with Gasteiger partial charge >= 0.3 is 0 Å². The van der Waals surface area contributed by atoms with E-state index in [0.29, 0.717) is 0 Å². The number of thioether (sulfide) groups is 1. The molecule has 74 valence electrons. The number of hydrogen-bond donors (Lipinski definition) is 0. The first-order chi connectivity index (χ1) is 6.88. The fourth-order valence-corrected chi connectivity index (χ4v) is 2.81. The Balaban J connectivity index is 2.07. The second kappa shape index (κ2) is 4.60. The molecule has 0 aliphatic carbocycles. The summed E-state index contributed by atoms with van der Waals surface area (Å²) in [4.78, 5) is 15.9. The van der Waals surface area contributed by atoms with Crippen molar-refractivity contribution in [3.05, 3.63) is 30.1 Å². The van der Waals surface area contributed by atoms with Gasteiger partial charge in [0.25, 0.3) is 0 Å². The minimum Gasteiger partial charge on any atom is -0.294 e. The molecule has 1 aliphatic heterocycles. The van der Waals surface area contributed by atoms with E-state index >= 15 is 0 Å². The molecule has 0 unspecified atom stereocenters. The molecular weight excluding hydrogens is 194 g/mol. The molecule has 0 aromatic carbocycles. The van der Waals surface area contributed by atoms with Crippen LogP contribution in [0, 0.1) is 5.92 Å². The molecule has 1 fully saturated rings. The maximum atomic E-state index is 12.0. The van der Waals surface area contributed by atoms with Gasteiger partial charge in [0.2, 0.25) is 0 Å². The normalized spacial score (nSPS) is 18.0. The van der Waals surface area contributed by atoms with E-state index in [2.05, 4.69) is 4.98 Å². The van der Waals surface area contributed by atoms with E-state index in [1.807, 2.05) is 23.9 Å². The van der Waals surface area contributed by atoms with Crippen molar-refractivity contribution in [2.45, 2.75) is 12.8 Å². The number of Topliss-reactive ketones (excluding diaryl/α,β-unsaturated/α-hetero) is 1. The molecule has 0 saturated carbocycles. The summed E-state index contributed by atoms with van der Waals surface area (Å²) in [6.45, 7) is 0. The Morgan fingerprint density at radius 1 is 1.43 bits per heavy atom. The van der Waals surface area contributed by atoms with Crippen molar-refractivity contribution in [2.75, 3.05) is 11.5 Å².